The summed E-state index contributed by atoms with van der Waals surface area (Å²) in [4.78, 5) is 7.84. The van der Waals surface area contributed by atoms with Gasteiger partial charge in [-0.05, 0) is 24.3 Å². The number of benzene rings is 2. The molecule has 0 aliphatic carbocycles. The van der Waals surface area contributed by atoms with Gasteiger partial charge in [-0.2, -0.15) is 0 Å². The smallest absolute Gasteiger partial charge is 0.240 e. The molecule has 0 bridgehead atoms. The molecule has 0 aliphatic heterocycles. The number of aryl methyl sites for hydroxylation is 1. The molecule has 3 N–H and O–H groups in total. The lowest BCUT2D eigenvalue weighted by Crippen LogP contribution is -2.02. The third kappa shape index (κ3) is 2.40. The van der Waals surface area contributed by atoms with Crippen LogP contribution in [-0.4, -0.2) is 31.8 Å². The molecule has 3 aromatic heterocycles. The highest BCUT2D eigenvalue weighted by Crippen LogP contribution is 2.38. The summed E-state index contributed by atoms with van der Waals surface area (Å²) in [5, 5.41) is 10.5. The van der Waals surface area contributed by atoms with Crippen LogP contribution in [0.3, 0.4) is 0 Å². The number of hydrogen-bond acceptors (Lipinski definition) is 5. The van der Waals surface area contributed by atoms with E-state index in [2.05, 4.69) is 36.9 Å². The summed E-state index contributed by atoms with van der Waals surface area (Å²) >= 11 is 0. The van der Waals surface area contributed by atoms with E-state index in [1.54, 1.807) is 7.11 Å². The van der Waals surface area contributed by atoms with Gasteiger partial charge in [-0.15, -0.1) is 10.2 Å². The SMILES string of the molecule is COc1ccc2[nH]cc(-c3nnc(N)nc3-c3cn(C)c4ccccc34)c2c1. The predicted molar refractivity (Wildman–Crippen MR) is 110 cm³/mol. The van der Waals surface area contributed by atoms with E-state index >= 15 is 0 Å². The van der Waals surface area contributed by atoms with E-state index in [9.17, 15) is 0 Å². The van der Waals surface area contributed by atoms with Gasteiger partial charge < -0.3 is 20.0 Å². The van der Waals surface area contributed by atoms with Crippen molar-refractivity contribution in [2.45, 2.75) is 0 Å². The molecule has 2 aromatic carbocycles. The Bertz CT molecular complexity index is 1330. The number of ether oxygens (including phenoxy) is 1. The molecule has 0 unspecified atom stereocenters. The first-order valence-electron chi connectivity index (χ1n) is 8.86. The van der Waals surface area contributed by atoms with Gasteiger partial charge in [0.25, 0.3) is 0 Å². The summed E-state index contributed by atoms with van der Waals surface area (Å²) in [6.45, 7) is 0. The minimum absolute atomic E-state index is 0.143. The van der Waals surface area contributed by atoms with Crippen LogP contribution in [0.15, 0.2) is 54.9 Å². The zero-order valence-electron chi connectivity index (χ0n) is 15.5. The topological polar surface area (TPSA) is 94.6 Å². The molecule has 0 radical (unpaired) electrons. The second kappa shape index (κ2) is 6.09. The maximum Gasteiger partial charge on any atom is 0.240 e. The summed E-state index contributed by atoms with van der Waals surface area (Å²) in [5.74, 6) is 0.917. The highest BCUT2D eigenvalue weighted by molar-refractivity contribution is 6.02. The van der Waals surface area contributed by atoms with Crippen LogP contribution >= 0.6 is 0 Å². The summed E-state index contributed by atoms with van der Waals surface area (Å²) in [6.07, 6.45) is 3.97. The van der Waals surface area contributed by atoms with E-state index in [1.165, 1.54) is 0 Å². The van der Waals surface area contributed by atoms with Crippen molar-refractivity contribution < 1.29 is 4.74 Å². The molecule has 0 saturated carbocycles. The summed E-state index contributed by atoms with van der Waals surface area (Å²) in [6, 6.07) is 14.1. The van der Waals surface area contributed by atoms with E-state index in [0.717, 1.165) is 38.7 Å². The first-order chi connectivity index (χ1) is 13.7. The zero-order chi connectivity index (χ0) is 19.3. The molecule has 0 amide bonds. The lowest BCUT2D eigenvalue weighted by molar-refractivity contribution is 0.415. The Labute approximate surface area is 160 Å². The quantitative estimate of drug-likeness (QED) is 0.504. The molecule has 7 nitrogen and oxygen atoms in total. The van der Waals surface area contributed by atoms with Gasteiger partial charge in [-0.25, -0.2) is 4.98 Å². The fourth-order valence-corrected chi connectivity index (χ4v) is 3.66. The summed E-state index contributed by atoms with van der Waals surface area (Å²) in [5.41, 5.74) is 11.2. The number of nitrogens with zero attached hydrogens (tertiary/aromatic N) is 4. The Kier molecular flexibility index (Phi) is 3.55. The zero-order valence-corrected chi connectivity index (χ0v) is 15.5. The molecule has 5 rings (SSSR count). The predicted octanol–water partition coefficient (Wildman–Crippen LogP) is 3.77. The maximum absolute atomic E-state index is 5.91. The summed E-state index contributed by atoms with van der Waals surface area (Å²) in [7, 11) is 3.67. The molecular formula is C21H18N6O. The van der Waals surface area contributed by atoms with E-state index < -0.39 is 0 Å². The molecule has 0 fully saturated rings. The van der Waals surface area contributed by atoms with Crippen LogP contribution in [0.25, 0.3) is 44.3 Å². The normalized spacial score (nSPS) is 11.4. The Hall–Kier alpha value is -3.87. The van der Waals surface area contributed by atoms with Crippen LogP contribution in [0.1, 0.15) is 0 Å². The summed E-state index contributed by atoms with van der Waals surface area (Å²) < 4.78 is 7.46. The van der Waals surface area contributed by atoms with Gasteiger partial charge in [-0.1, -0.05) is 18.2 Å². The molecule has 0 spiro atoms. The fourth-order valence-electron chi connectivity index (χ4n) is 3.66. The number of nitrogens with one attached hydrogen (secondary N) is 1. The number of aromatic nitrogens is 5. The largest absolute Gasteiger partial charge is 0.497 e. The molecule has 0 atom stereocenters. The number of rotatable bonds is 3. The van der Waals surface area contributed by atoms with Gasteiger partial charge in [0.15, 0.2) is 0 Å². The number of nitrogens with two attached hydrogens (primary N) is 1. The Morgan fingerprint density at radius 1 is 1.00 bits per heavy atom. The molecule has 138 valence electrons. The van der Waals surface area contributed by atoms with Gasteiger partial charge in [0.1, 0.15) is 17.1 Å². The number of hydrogen-bond donors (Lipinski definition) is 2. The van der Waals surface area contributed by atoms with Crippen LogP contribution in [-0.2, 0) is 7.05 Å². The van der Waals surface area contributed by atoms with Crippen molar-refractivity contribution in [3.8, 4) is 28.3 Å². The number of methoxy groups -OCH3 is 1. The molecular weight excluding hydrogens is 352 g/mol. The number of fused-ring (bicyclic) bond motifs is 2. The number of nitrogen functional groups attached to an aromatic ring is 1. The van der Waals surface area contributed by atoms with Crippen molar-refractivity contribution in [3.05, 3.63) is 54.9 Å². The highest BCUT2D eigenvalue weighted by Gasteiger charge is 2.19. The number of H-pyrrole nitrogens is 1. The van der Waals surface area contributed by atoms with Crippen molar-refractivity contribution >= 4 is 27.8 Å². The first-order valence-corrected chi connectivity index (χ1v) is 8.86. The standard InChI is InChI=1S/C21H18N6O/c1-27-11-16(13-5-3-4-6-18(13)27)19-20(25-26-21(22)24-19)15-10-23-17-8-7-12(28-2)9-14(15)17/h3-11,23H,1-2H3,(H2,22,24,26). The van der Waals surface area contributed by atoms with Crippen LogP contribution in [0, 0.1) is 0 Å². The van der Waals surface area contributed by atoms with Crippen molar-refractivity contribution in [2.75, 3.05) is 12.8 Å². The van der Waals surface area contributed by atoms with E-state index in [1.807, 2.05) is 49.8 Å². The average Bonchev–Trinajstić information content (AvgIpc) is 3.29. The minimum atomic E-state index is 0.143. The van der Waals surface area contributed by atoms with Crippen LogP contribution < -0.4 is 10.5 Å². The average molecular weight is 370 g/mol. The van der Waals surface area contributed by atoms with Gasteiger partial charge in [0.2, 0.25) is 5.95 Å². The molecule has 0 aliphatic rings. The van der Waals surface area contributed by atoms with Crippen LogP contribution in [0.2, 0.25) is 0 Å². The van der Waals surface area contributed by atoms with Gasteiger partial charge in [0, 0.05) is 52.4 Å². The number of para-hydroxylation sites is 1. The number of aromatic amines is 1. The molecule has 0 saturated heterocycles. The maximum atomic E-state index is 5.91. The fraction of sp³-hybridized carbons (Fsp3) is 0.0952. The Morgan fingerprint density at radius 3 is 2.71 bits per heavy atom. The lowest BCUT2D eigenvalue weighted by Gasteiger charge is -2.07. The third-order valence-corrected chi connectivity index (χ3v) is 5.00. The van der Waals surface area contributed by atoms with Crippen molar-refractivity contribution in [2.24, 2.45) is 7.05 Å². The lowest BCUT2D eigenvalue weighted by atomic mass is 10.0. The third-order valence-electron chi connectivity index (χ3n) is 5.00. The van der Waals surface area contributed by atoms with Gasteiger partial charge >= 0.3 is 0 Å². The van der Waals surface area contributed by atoms with Crippen LogP contribution in [0.4, 0.5) is 5.95 Å². The highest BCUT2D eigenvalue weighted by atomic mass is 16.5. The second-order valence-electron chi connectivity index (χ2n) is 6.65. The van der Waals surface area contributed by atoms with Crippen molar-refractivity contribution in [1.82, 2.24) is 24.7 Å². The Balaban J connectivity index is 1.81. The Morgan fingerprint density at radius 2 is 1.86 bits per heavy atom. The molecule has 5 aromatic rings. The molecule has 3 heterocycles. The van der Waals surface area contributed by atoms with E-state index in [4.69, 9.17) is 10.5 Å². The van der Waals surface area contributed by atoms with Crippen molar-refractivity contribution in [3.63, 3.8) is 0 Å². The van der Waals surface area contributed by atoms with Gasteiger partial charge in [-0.3, -0.25) is 0 Å². The second-order valence-corrected chi connectivity index (χ2v) is 6.65. The minimum Gasteiger partial charge on any atom is -0.497 e. The monoisotopic (exact) mass is 370 g/mol. The molecule has 28 heavy (non-hydrogen) atoms. The van der Waals surface area contributed by atoms with Gasteiger partial charge in [0.05, 0.1) is 7.11 Å². The van der Waals surface area contributed by atoms with Crippen molar-refractivity contribution in [1.29, 1.82) is 0 Å². The number of anilines is 1. The van der Waals surface area contributed by atoms with E-state index in [0.29, 0.717) is 11.4 Å². The van der Waals surface area contributed by atoms with Crippen LogP contribution in [0.5, 0.6) is 5.75 Å². The molecule has 7 heteroatoms. The first kappa shape index (κ1) is 16.3. The van der Waals surface area contributed by atoms with E-state index in [-0.39, 0.29) is 5.95 Å².